The molecule has 0 unspecified atom stereocenters. The molecular formula is C80H82N6O4. The average Bonchev–Trinajstić information content (AvgIpc) is 1.45. The molecule has 90 heavy (non-hydrogen) atoms. The van der Waals surface area contributed by atoms with Gasteiger partial charge in [0.1, 0.15) is 0 Å². The summed E-state index contributed by atoms with van der Waals surface area (Å²) in [7, 11) is 0. The lowest BCUT2D eigenvalue weighted by molar-refractivity contribution is -0.126. The third-order valence-corrected chi connectivity index (χ3v) is 20.7. The Balaban J connectivity index is 0.000000165. The van der Waals surface area contributed by atoms with Gasteiger partial charge in [-0.3, -0.25) is 19.2 Å². The largest absolute Gasteiger partial charge is 0.305 e. The van der Waals surface area contributed by atoms with Gasteiger partial charge in [-0.15, -0.1) is 0 Å². The summed E-state index contributed by atoms with van der Waals surface area (Å²) in [5.74, 6) is -1.01. The number of hydrazone groups is 2. The van der Waals surface area contributed by atoms with Gasteiger partial charge in [0.25, 0.3) is 11.8 Å². The number of aryl methyl sites for hydroxylation is 2. The van der Waals surface area contributed by atoms with E-state index in [4.69, 9.17) is 10.2 Å². The van der Waals surface area contributed by atoms with Crippen LogP contribution in [-0.2, 0) is 33.8 Å². The molecule has 2 fully saturated rings. The van der Waals surface area contributed by atoms with Crippen LogP contribution >= 0.6 is 0 Å². The quantitative estimate of drug-likeness (QED) is 0.126. The van der Waals surface area contributed by atoms with Crippen molar-refractivity contribution in [3.8, 4) is 0 Å². The van der Waals surface area contributed by atoms with E-state index in [1.165, 1.54) is 0 Å². The predicted octanol–water partition coefficient (Wildman–Crippen LogP) is 17.1. The van der Waals surface area contributed by atoms with Gasteiger partial charge < -0.3 is 9.80 Å². The summed E-state index contributed by atoms with van der Waals surface area (Å²) in [5, 5.41) is 14.7. The standard InChI is InChI=1S/2C40H41N3O2/c2*1-27-19-21-29(22-20-27)37(44)36-32-25-30(39(2,3)4)23-24-34(32)41-43(31-15-9-6-10-16-31)40(36)33-17-11-12-18-35(33)42(38(40)45)26-28-13-7-5-8-14-28/h2*5-22,30,32,36H,23-26H2,1-4H3/t2*30-,32+,36-,40+/m11/s1. The number of amides is 2. The van der Waals surface area contributed by atoms with E-state index in [9.17, 15) is 0 Å². The van der Waals surface area contributed by atoms with Crippen molar-refractivity contribution in [3.63, 3.8) is 0 Å². The molecule has 8 aromatic rings. The molecule has 14 rings (SSSR count). The molecule has 4 aliphatic heterocycles. The van der Waals surface area contributed by atoms with Crippen molar-refractivity contribution in [2.75, 3.05) is 19.8 Å². The number of para-hydroxylation sites is 4. The third kappa shape index (κ3) is 10.4. The van der Waals surface area contributed by atoms with Crippen LogP contribution in [0, 0.1) is 60.2 Å². The van der Waals surface area contributed by atoms with E-state index in [1.54, 1.807) is 0 Å². The van der Waals surface area contributed by atoms with Gasteiger partial charge in [0.05, 0.1) is 47.7 Å². The van der Waals surface area contributed by atoms with Gasteiger partial charge in [-0.25, -0.2) is 10.0 Å². The van der Waals surface area contributed by atoms with Crippen molar-refractivity contribution < 1.29 is 19.2 Å². The number of nitrogens with zero attached hydrogens (tertiary/aromatic N) is 6. The zero-order valence-corrected chi connectivity index (χ0v) is 53.2. The van der Waals surface area contributed by atoms with Gasteiger partial charge in [-0.05, 0) is 123 Å². The number of anilines is 4. The van der Waals surface area contributed by atoms with Gasteiger partial charge in [-0.1, -0.05) is 235 Å². The number of benzene rings is 8. The van der Waals surface area contributed by atoms with Crippen molar-refractivity contribution in [3.05, 3.63) is 263 Å². The Labute approximate surface area is 531 Å². The molecule has 2 spiro atoms. The van der Waals surface area contributed by atoms with E-state index in [-0.39, 0.29) is 46.0 Å². The molecule has 456 valence electrons. The Kier molecular flexibility index (Phi) is 15.8. The van der Waals surface area contributed by atoms with Crippen LogP contribution in [-0.4, -0.2) is 34.8 Å². The number of carbonyl (C=O) groups is 4. The van der Waals surface area contributed by atoms with Gasteiger partial charge in [-0.2, -0.15) is 10.2 Å². The Morgan fingerprint density at radius 3 is 1.10 bits per heavy atom. The molecule has 0 bridgehead atoms. The second-order valence-corrected chi connectivity index (χ2v) is 28.1. The number of fused-ring (bicyclic) bond motifs is 6. The van der Waals surface area contributed by atoms with Gasteiger partial charge in [0.15, 0.2) is 22.6 Å². The molecule has 2 saturated carbocycles. The third-order valence-electron chi connectivity index (χ3n) is 20.7. The lowest BCUT2D eigenvalue weighted by Gasteiger charge is -2.52. The van der Waals surface area contributed by atoms with E-state index in [0.29, 0.717) is 36.1 Å². The molecule has 2 amide bonds. The van der Waals surface area contributed by atoms with Gasteiger partial charge in [0, 0.05) is 45.5 Å². The first kappa shape index (κ1) is 59.9. The second kappa shape index (κ2) is 23.7. The summed E-state index contributed by atoms with van der Waals surface area (Å²) >= 11 is 0. The summed E-state index contributed by atoms with van der Waals surface area (Å²) in [6.45, 7) is 18.7. The number of Topliss-reactive ketones (excluding diaryl/α,β-unsaturated/α-hetero) is 2. The zero-order chi connectivity index (χ0) is 62.7. The van der Waals surface area contributed by atoms with E-state index < -0.39 is 22.9 Å². The monoisotopic (exact) mass is 1190 g/mol. The predicted molar refractivity (Wildman–Crippen MR) is 363 cm³/mol. The van der Waals surface area contributed by atoms with Crippen molar-refractivity contribution in [1.29, 1.82) is 0 Å². The molecule has 0 aromatic heterocycles. The van der Waals surface area contributed by atoms with Crippen LogP contribution in [0.1, 0.15) is 134 Å². The average molecular weight is 1190 g/mol. The molecule has 2 aliphatic carbocycles. The molecule has 10 nitrogen and oxygen atoms in total. The van der Waals surface area contributed by atoms with Gasteiger partial charge in [0.2, 0.25) is 0 Å². The maximum atomic E-state index is 15.5. The molecule has 0 radical (unpaired) electrons. The van der Waals surface area contributed by atoms with E-state index in [0.717, 1.165) is 106 Å². The van der Waals surface area contributed by atoms with Crippen LogP contribution in [0.25, 0.3) is 0 Å². The maximum absolute atomic E-state index is 15.5. The van der Waals surface area contributed by atoms with Crippen LogP contribution in [0.2, 0.25) is 0 Å². The lowest BCUT2D eigenvalue weighted by Crippen LogP contribution is -2.64. The molecule has 6 aliphatic rings. The first-order valence-electron chi connectivity index (χ1n) is 32.4. The molecule has 8 atom stereocenters. The molecule has 0 saturated heterocycles. The highest BCUT2D eigenvalue weighted by atomic mass is 16.2. The van der Waals surface area contributed by atoms with E-state index in [2.05, 4.69) is 65.8 Å². The lowest BCUT2D eigenvalue weighted by atomic mass is 9.58. The van der Waals surface area contributed by atoms with Crippen LogP contribution in [0.5, 0.6) is 0 Å². The van der Waals surface area contributed by atoms with Crippen LogP contribution < -0.4 is 19.8 Å². The number of hydrogen-bond donors (Lipinski definition) is 0. The highest BCUT2D eigenvalue weighted by Gasteiger charge is 2.68. The summed E-state index contributed by atoms with van der Waals surface area (Å²) in [6, 6.07) is 72.0. The van der Waals surface area contributed by atoms with E-state index in [1.807, 2.05) is 228 Å². The van der Waals surface area contributed by atoms with Crippen LogP contribution in [0.15, 0.2) is 229 Å². The first-order valence-corrected chi connectivity index (χ1v) is 32.4. The fourth-order valence-electron chi connectivity index (χ4n) is 15.9. The van der Waals surface area contributed by atoms with Crippen LogP contribution in [0.4, 0.5) is 22.7 Å². The summed E-state index contributed by atoms with van der Waals surface area (Å²) in [6.07, 6.45) is 5.31. The fourth-order valence-corrected chi connectivity index (χ4v) is 15.9. The summed E-state index contributed by atoms with van der Waals surface area (Å²) < 4.78 is 0. The Hall–Kier alpha value is -9.02. The highest BCUT2D eigenvalue weighted by Crippen LogP contribution is 2.61. The van der Waals surface area contributed by atoms with Crippen molar-refractivity contribution in [1.82, 2.24) is 0 Å². The smallest absolute Gasteiger partial charge is 0.260 e. The molecule has 0 N–H and O–H groups in total. The van der Waals surface area contributed by atoms with Crippen LogP contribution in [0.3, 0.4) is 0 Å². The summed E-state index contributed by atoms with van der Waals surface area (Å²) in [5.41, 5.74) is 10.1. The second-order valence-electron chi connectivity index (χ2n) is 28.1. The molecule has 8 aromatic carbocycles. The first-order chi connectivity index (χ1) is 43.4. The SMILES string of the molecule is Cc1ccc(C(=O)[C@H]2[C@H]3C[C@H](C(C)(C)C)CCC3=NN(c3ccccc3)[C@]23C(=O)N(Cc2ccccc2)c2ccccc23)cc1.Cc1ccc(C(=O)[C@H]2[C@H]3C[C@H](C(C)(C)C)CCC3=NN(c3ccccc3)[C@]23C(=O)N(Cc2ccccc2)c2ccccc23)cc1. The van der Waals surface area contributed by atoms with Crippen molar-refractivity contribution in [2.45, 2.75) is 118 Å². The maximum Gasteiger partial charge on any atom is 0.260 e. The molecule has 10 heteroatoms. The minimum atomic E-state index is -1.34. The van der Waals surface area contributed by atoms with E-state index >= 15 is 19.2 Å². The zero-order valence-electron chi connectivity index (χ0n) is 53.2. The van der Waals surface area contributed by atoms with Gasteiger partial charge >= 0.3 is 0 Å². The summed E-state index contributed by atoms with van der Waals surface area (Å²) in [4.78, 5) is 65.3. The minimum absolute atomic E-state index is 0.00704. The topological polar surface area (TPSA) is 106 Å². The van der Waals surface area contributed by atoms with Crippen molar-refractivity contribution >= 4 is 57.6 Å². The molecule has 4 heterocycles. The number of carbonyl (C=O) groups excluding carboxylic acids is 4. The highest BCUT2D eigenvalue weighted by molar-refractivity contribution is 6.18. The Morgan fingerprint density at radius 1 is 0.433 bits per heavy atom. The molecular weight excluding hydrogens is 1110 g/mol. The number of ketones is 2. The number of hydrogen-bond acceptors (Lipinski definition) is 8. The Bertz CT molecular complexity index is 3780. The van der Waals surface area contributed by atoms with Crippen molar-refractivity contribution in [2.24, 2.45) is 56.5 Å². The minimum Gasteiger partial charge on any atom is -0.305 e. The number of rotatable bonds is 10. The normalized spacial score (nSPS) is 24.3. The fraction of sp³-hybridized carbons (Fsp3) is 0.325. The Morgan fingerprint density at radius 2 is 0.756 bits per heavy atom.